The minimum absolute atomic E-state index is 0.00393. The number of carbonyl (C=O) groups excluding carboxylic acids is 1. The Morgan fingerprint density at radius 3 is 2.56 bits per heavy atom. The highest BCUT2D eigenvalue weighted by Crippen LogP contribution is 2.44. The van der Waals surface area contributed by atoms with Crippen LogP contribution in [0, 0.1) is 0 Å². The van der Waals surface area contributed by atoms with Gasteiger partial charge in [0.25, 0.3) is 0 Å². The van der Waals surface area contributed by atoms with Crippen LogP contribution in [0.5, 0.6) is 5.75 Å². The number of anilines is 1. The van der Waals surface area contributed by atoms with Crippen molar-refractivity contribution in [1.29, 1.82) is 0 Å². The minimum Gasteiger partial charge on any atom is -0.506 e. The van der Waals surface area contributed by atoms with Crippen LogP contribution in [0.4, 0.5) is 5.69 Å². The maximum atomic E-state index is 12.6. The number of nitrogens with zero attached hydrogens (tertiary/aromatic N) is 1. The van der Waals surface area contributed by atoms with Gasteiger partial charge in [-0.1, -0.05) is 54.2 Å². The first kappa shape index (κ1) is 21.9. The summed E-state index contributed by atoms with van der Waals surface area (Å²) in [6.07, 6.45) is 1.71. The molecule has 7 nitrogen and oxygen atoms in total. The standard InChI is InChI=1S/C23H21N3O4S2/c1-15(27)24-12-13-32(29,30)26-19-14-21(23(28)18-9-3-2-8-17(18)19)31-20-10-4-6-16-7-5-11-25-22(16)20/h2-11,14,26,28H,12-13H2,1H3,(H,24,27). The number of hydrogen-bond donors (Lipinski definition) is 3. The van der Waals surface area contributed by atoms with Crippen LogP contribution in [-0.4, -0.2) is 36.7 Å². The third-order valence-corrected chi connectivity index (χ3v) is 7.16. The number of fused-ring (bicyclic) bond motifs is 2. The van der Waals surface area contributed by atoms with Gasteiger partial charge < -0.3 is 10.4 Å². The van der Waals surface area contributed by atoms with Crippen molar-refractivity contribution in [3.8, 4) is 5.75 Å². The molecule has 0 radical (unpaired) electrons. The first-order chi connectivity index (χ1) is 15.3. The zero-order valence-electron chi connectivity index (χ0n) is 17.2. The average molecular weight is 468 g/mol. The fraction of sp³-hybridized carbons (Fsp3) is 0.130. The summed E-state index contributed by atoms with van der Waals surface area (Å²) < 4.78 is 27.8. The Labute approximate surface area is 189 Å². The summed E-state index contributed by atoms with van der Waals surface area (Å²) in [6.45, 7) is 1.34. The van der Waals surface area contributed by atoms with Crippen molar-refractivity contribution in [3.63, 3.8) is 0 Å². The molecule has 164 valence electrons. The van der Waals surface area contributed by atoms with E-state index in [-0.39, 0.29) is 24.0 Å². The van der Waals surface area contributed by atoms with Gasteiger partial charge in [-0.25, -0.2) is 8.42 Å². The molecule has 9 heteroatoms. The van der Waals surface area contributed by atoms with Gasteiger partial charge in [0.05, 0.1) is 21.9 Å². The largest absolute Gasteiger partial charge is 0.506 e. The molecule has 1 heterocycles. The molecule has 1 amide bonds. The highest BCUT2D eigenvalue weighted by atomic mass is 32.2. The summed E-state index contributed by atoms with van der Waals surface area (Å²) in [4.78, 5) is 16.8. The number of para-hydroxylation sites is 1. The van der Waals surface area contributed by atoms with Gasteiger partial charge in [0.15, 0.2) is 0 Å². The molecule has 3 N–H and O–H groups in total. The van der Waals surface area contributed by atoms with E-state index in [9.17, 15) is 18.3 Å². The number of aromatic nitrogens is 1. The van der Waals surface area contributed by atoms with Crippen LogP contribution in [0.25, 0.3) is 21.7 Å². The molecule has 32 heavy (non-hydrogen) atoms. The Balaban J connectivity index is 1.74. The van der Waals surface area contributed by atoms with E-state index in [0.717, 1.165) is 15.8 Å². The van der Waals surface area contributed by atoms with E-state index in [1.54, 1.807) is 36.5 Å². The highest BCUT2D eigenvalue weighted by Gasteiger charge is 2.18. The molecule has 0 unspecified atom stereocenters. The molecule has 0 aliphatic carbocycles. The molecular formula is C23H21N3O4S2. The van der Waals surface area contributed by atoms with Gasteiger partial charge in [0, 0.05) is 40.7 Å². The predicted molar refractivity (Wildman–Crippen MR) is 128 cm³/mol. The molecule has 3 aromatic carbocycles. The van der Waals surface area contributed by atoms with Crippen LogP contribution in [0.2, 0.25) is 0 Å². The second-order valence-electron chi connectivity index (χ2n) is 7.15. The first-order valence-electron chi connectivity index (χ1n) is 9.85. The SMILES string of the molecule is CC(=O)NCCS(=O)(=O)Nc1cc(Sc2cccc3cccnc23)c(O)c2ccccc12. The van der Waals surface area contributed by atoms with Gasteiger partial charge in [-0.2, -0.15) is 0 Å². The summed E-state index contributed by atoms with van der Waals surface area (Å²) in [5.74, 6) is -0.491. The van der Waals surface area contributed by atoms with E-state index in [1.165, 1.54) is 18.7 Å². The van der Waals surface area contributed by atoms with E-state index >= 15 is 0 Å². The molecular weight excluding hydrogens is 446 g/mol. The molecule has 0 aliphatic rings. The fourth-order valence-electron chi connectivity index (χ4n) is 3.35. The van der Waals surface area contributed by atoms with Gasteiger partial charge in [-0.3, -0.25) is 14.5 Å². The molecule has 1 aromatic heterocycles. The number of phenols is 1. The van der Waals surface area contributed by atoms with Crippen molar-refractivity contribution in [2.24, 2.45) is 0 Å². The van der Waals surface area contributed by atoms with Crippen molar-refractivity contribution in [2.45, 2.75) is 16.7 Å². The number of carbonyl (C=O) groups is 1. The molecule has 0 bridgehead atoms. The number of sulfonamides is 1. The van der Waals surface area contributed by atoms with Crippen molar-refractivity contribution in [2.75, 3.05) is 17.0 Å². The first-order valence-corrected chi connectivity index (χ1v) is 12.3. The number of amides is 1. The lowest BCUT2D eigenvalue weighted by Crippen LogP contribution is -2.29. The predicted octanol–water partition coefficient (Wildman–Crippen LogP) is 4.12. The maximum Gasteiger partial charge on any atom is 0.234 e. The summed E-state index contributed by atoms with van der Waals surface area (Å²) in [5.41, 5.74) is 1.15. The number of aromatic hydroxyl groups is 1. The third-order valence-electron chi connectivity index (χ3n) is 4.81. The van der Waals surface area contributed by atoms with E-state index in [2.05, 4.69) is 15.0 Å². The number of pyridine rings is 1. The number of hydrogen-bond acceptors (Lipinski definition) is 6. The molecule has 4 aromatic rings. The second kappa shape index (κ2) is 9.05. The zero-order valence-corrected chi connectivity index (χ0v) is 18.8. The summed E-state index contributed by atoms with van der Waals surface area (Å²) in [6, 6.07) is 18.3. The lowest BCUT2D eigenvalue weighted by Gasteiger charge is -2.15. The van der Waals surface area contributed by atoms with Gasteiger partial charge >= 0.3 is 0 Å². The van der Waals surface area contributed by atoms with Crippen LogP contribution < -0.4 is 10.0 Å². The maximum absolute atomic E-state index is 12.6. The van der Waals surface area contributed by atoms with Crippen molar-refractivity contribution in [1.82, 2.24) is 10.3 Å². The molecule has 0 saturated heterocycles. The van der Waals surface area contributed by atoms with Crippen molar-refractivity contribution >= 4 is 55.1 Å². The topological polar surface area (TPSA) is 108 Å². The minimum atomic E-state index is -3.73. The van der Waals surface area contributed by atoms with E-state index in [0.29, 0.717) is 21.4 Å². The Kier molecular flexibility index (Phi) is 6.20. The highest BCUT2D eigenvalue weighted by molar-refractivity contribution is 7.99. The number of rotatable bonds is 7. The fourth-order valence-corrected chi connectivity index (χ4v) is 5.36. The molecule has 0 spiro atoms. The molecule has 0 atom stereocenters. The lowest BCUT2D eigenvalue weighted by atomic mass is 10.1. The van der Waals surface area contributed by atoms with Crippen LogP contribution in [0.3, 0.4) is 0 Å². The lowest BCUT2D eigenvalue weighted by molar-refractivity contribution is -0.118. The number of benzene rings is 3. The van der Waals surface area contributed by atoms with Gasteiger partial charge in [0.2, 0.25) is 15.9 Å². The number of phenolic OH excluding ortho intramolecular Hbond substituents is 1. The monoisotopic (exact) mass is 467 g/mol. The summed E-state index contributed by atoms with van der Waals surface area (Å²) >= 11 is 1.32. The Bertz CT molecular complexity index is 1420. The second-order valence-corrected chi connectivity index (χ2v) is 10.1. The Morgan fingerprint density at radius 2 is 1.78 bits per heavy atom. The Hall–Kier alpha value is -3.30. The van der Waals surface area contributed by atoms with Crippen LogP contribution >= 0.6 is 11.8 Å². The Morgan fingerprint density at radius 1 is 1.03 bits per heavy atom. The van der Waals surface area contributed by atoms with E-state index in [4.69, 9.17) is 0 Å². The smallest absolute Gasteiger partial charge is 0.234 e. The van der Waals surface area contributed by atoms with Crippen LogP contribution in [0.1, 0.15) is 6.92 Å². The van der Waals surface area contributed by atoms with Gasteiger partial charge in [0.1, 0.15) is 5.75 Å². The average Bonchev–Trinajstić information content (AvgIpc) is 2.76. The summed E-state index contributed by atoms with van der Waals surface area (Å²) in [7, 11) is -3.73. The van der Waals surface area contributed by atoms with E-state index in [1.807, 2.05) is 30.3 Å². The quantitative estimate of drug-likeness (QED) is 0.353. The summed E-state index contributed by atoms with van der Waals surface area (Å²) in [5, 5.41) is 15.5. The normalized spacial score (nSPS) is 11.5. The molecule has 0 aliphatic heterocycles. The van der Waals surface area contributed by atoms with Crippen molar-refractivity contribution < 1.29 is 18.3 Å². The van der Waals surface area contributed by atoms with Crippen LogP contribution in [-0.2, 0) is 14.8 Å². The van der Waals surface area contributed by atoms with Gasteiger partial charge in [-0.15, -0.1) is 0 Å². The van der Waals surface area contributed by atoms with Crippen LogP contribution in [0.15, 0.2) is 76.7 Å². The molecule has 0 saturated carbocycles. The van der Waals surface area contributed by atoms with E-state index < -0.39 is 10.0 Å². The zero-order chi connectivity index (χ0) is 22.7. The number of nitrogens with one attached hydrogen (secondary N) is 2. The molecule has 0 fully saturated rings. The van der Waals surface area contributed by atoms with Gasteiger partial charge in [-0.05, 0) is 18.2 Å². The molecule has 4 rings (SSSR count). The third kappa shape index (κ3) is 4.79. The van der Waals surface area contributed by atoms with Crippen molar-refractivity contribution in [3.05, 3.63) is 66.9 Å².